The summed E-state index contributed by atoms with van der Waals surface area (Å²) in [4.78, 5) is 35.9. The van der Waals surface area contributed by atoms with Crippen LogP contribution in [-0.4, -0.2) is 36.5 Å². The summed E-state index contributed by atoms with van der Waals surface area (Å²) in [5, 5.41) is 8.05. The maximum absolute atomic E-state index is 11.6. The molecule has 0 fully saturated rings. The maximum atomic E-state index is 11.6. The summed E-state index contributed by atoms with van der Waals surface area (Å²) in [7, 11) is 0. The lowest BCUT2D eigenvalue weighted by molar-refractivity contribution is 0.0526. The minimum Gasteiger partial charge on any atom is -0.462 e. The van der Waals surface area contributed by atoms with Gasteiger partial charge in [-0.3, -0.25) is 5.32 Å². The smallest absolute Gasteiger partial charge is 0.345 e. The van der Waals surface area contributed by atoms with E-state index >= 15 is 0 Å². The molecular weight excluding hydrogens is 256 g/mol. The molecule has 2 amide bonds. The Hall–Kier alpha value is -2.67. The molecule has 19 heavy (non-hydrogen) atoms. The Morgan fingerprint density at radius 1 is 1.53 bits per heavy atom. The lowest BCUT2D eigenvalue weighted by atomic mass is 10.2. The van der Waals surface area contributed by atoms with Gasteiger partial charge in [-0.2, -0.15) is 4.99 Å². The lowest BCUT2D eigenvalue weighted by Crippen LogP contribution is -2.29. The van der Waals surface area contributed by atoms with Crippen molar-refractivity contribution in [2.75, 3.05) is 18.6 Å². The molecule has 0 unspecified atom stereocenters. The standard InChI is InChI=1S/C10H12N4O5/c1-3-18-9(16)7-6(2)14-19-8(7)13-10(17)12-4-11-5-15/h3-4H2,1-2H3,(H2,12,13,17). The fourth-order valence-electron chi connectivity index (χ4n) is 1.19. The number of aliphatic imine (C=N–C) groups is 1. The van der Waals surface area contributed by atoms with Crippen molar-refractivity contribution in [1.82, 2.24) is 10.5 Å². The van der Waals surface area contributed by atoms with Crippen LogP contribution in [0.15, 0.2) is 9.52 Å². The van der Waals surface area contributed by atoms with Gasteiger partial charge in [0.1, 0.15) is 12.2 Å². The van der Waals surface area contributed by atoms with E-state index in [1.165, 1.54) is 13.0 Å². The number of aromatic nitrogens is 1. The molecule has 0 bridgehead atoms. The Morgan fingerprint density at radius 2 is 2.26 bits per heavy atom. The predicted octanol–water partition coefficient (Wildman–Crippen LogP) is 0.575. The number of amides is 2. The molecule has 0 aromatic carbocycles. The quantitative estimate of drug-likeness (QED) is 0.457. The molecule has 0 saturated heterocycles. The molecule has 0 radical (unpaired) electrons. The Kier molecular flexibility index (Phi) is 5.24. The molecule has 0 aliphatic carbocycles. The molecule has 1 rings (SSSR count). The Labute approximate surface area is 108 Å². The normalized spacial score (nSPS) is 9.37. The molecule has 2 N–H and O–H groups in total. The van der Waals surface area contributed by atoms with E-state index in [0.717, 1.165) is 0 Å². The lowest BCUT2D eigenvalue weighted by Gasteiger charge is -2.04. The van der Waals surface area contributed by atoms with Gasteiger partial charge in [-0.1, -0.05) is 5.16 Å². The van der Waals surface area contributed by atoms with Crippen LogP contribution in [0.5, 0.6) is 0 Å². The number of ether oxygens (including phenoxy) is 1. The molecule has 0 saturated carbocycles. The number of aryl methyl sites for hydroxylation is 1. The van der Waals surface area contributed by atoms with Gasteiger partial charge in [0.15, 0.2) is 0 Å². The van der Waals surface area contributed by atoms with Gasteiger partial charge >= 0.3 is 12.0 Å². The first-order valence-corrected chi connectivity index (χ1v) is 5.32. The molecule has 0 spiro atoms. The number of anilines is 1. The summed E-state index contributed by atoms with van der Waals surface area (Å²) >= 11 is 0. The first-order chi connectivity index (χ1) is 9.10. The van der Waals surface area contributed by atoms with Crippen LogP contribution >= 0.6 is 0 Å². The van der Waals surface area contributed by atoms with E-state index in [1.54, 1.807) is 6.92 Å². The van der Waals surface area contributed by atoms with E-state index in [0.29, 0.717) is 5.69 Å². The van der Waals surface area contributed by atoms with Gasteiger partial charge in [-0.05, 0) is 13.8 Å². The van der Waals surface area contributed by atoms with Gasteiger partial charge in [0, 0.05) is 0 Å². The fourth-order valence-corrected chi connectivity index (χ4v) is 1.19. The molecule has 1 heterocycles. The molecular formula is C10H12N4O5. The number of rotatable bonds is 5. The van der Waals surface area contributed by atoms with Crippen molar-refractivity contribution >= 4 is 24.0 Å². The highest BCUT2D eigenvalue weighted by molar-refractivity contribution is 5.99. The second-order valence-corrected chi connectivity index (χ2v) is 3.23. The second-order valence-electron chi connectivity index (χ2n) is 3.23. The van der Waals surface area contributed by atoms with Crippen LogP contribution in [-0.2, 0) is 9.53 Å². The largest absolute Gasteiger partial charge is 0.462 e. The number of carbonyl (C=O) groups is 2. The van der Waals surface area contributed by atoms with E-state index in [-0.39, 0.29) is 24.7 Å². The highest BCUT2D eigenvalue weighted by Crippen LogP contribution is 2.20. The average Bonchev–Trinajstić information content (AvgIpc) is 2.71. The number of nitrogens with one attached hydrogen (secondary N) is 2. The monoisotopic (exact) mass is 268 g/mol. The third-order valence-electron chi connectivity index (χ3n) is 1.95. The highest BCUT2D eigenvalue weighted by Gasteiger charge is 2.23. The van der Waals surface area contributed by atoms with E-state index in [4.69, 9.17) is 9.26 Å². The topological polar surface area (TPSA) is 123 Å². The average molecular weight is 268 g/mol. The van der Waals surface area contributed by atoms with Gasteiger partial charge in [-0.15, -0.1) is 0 Å². The van der Waals surface area contributed by atoms with Crippen molar-refractivity contribution in [3.8, 4) is 0 Å². The number of isocyanates is 1. The number of carbonyl (C=O) groups excluding carboxylic acids is 3. The first-order valence-electron chi connectivity index (χ1n) is 5.32. The van der Waals surface area contributed by atoms with Crippen LogP contribution in [0.3, 0.4) is 0 Å². The number of hydrogen-bond acceptors (Lipinski definition) is 7. The van der Waals surface area contributed by atoms with Crippen molar-refractivity contribution in [2.24, 2.45) is 4.99 Å². The molecule has 102 valence electrons. The zero-order chi connectivity index (χ0) is 14.3. The molecule has 9 heteroatoms. The zero-order valence-corrected chi connectivity index (χ0v) is 10.3. The summed E-state index contributed by atoms with van der Waals surface area (Å²) in [6.45, 7) is 3.13. The van der Waals surface area contributed by atoms with Crippen molar-refractivity contribution in [2.45, 2.75) is 13.8 Å². The Morgan fingerprint density at radius 3 is 2.89 bits per heavy atom. The van der Waals surface area contributed by atoms with Crippen LogP contribution in [0.25, 0.3) is 0 Å². The minimum atomic E-state index is -0.708. The number of urea groups is 1. The van der Waals surface area contributed by atoms with E-state index in [1.807, 2.05) is 0 Å². The SMILES string of the molecule is CCOC(=O)c1c(C)noc1NC(=O)NCN=C=O. The Bertz CT molecular complexity index is 518. The summed E-state index contributed by atoms with van der Waals surface area (Å²) in [6.07, 6.45) is 1.26. The molecule has 1 aromatic heterocycles. The molecule has 9 nitrogen and oxygen atoms in total. The highest BCUT2D eigenvalue weighted by atomic mass is 16.5. The third-order valence-corrected chi connectivity index (χ3v) is 1.95. The van der Waals surface area contributed by atoms with Crippen LogP contribution in [0.4, 0.5) is 10.7 Å². The number of esters is 1. The van der Waals surface area contributed by atoms with Gasteiger partial charge in [0.25, 0.3) is 0 Å². The van der Waals surface area contributed by atoms with Gasteiger partial charge in [0.05, 0.1) is 12.3 Å². The molecule has 1 aromatic rings. The van der Waals surface area contributed by atoms with Crippen LogP contribution in [0, 0.1) is 6.92 Å². The van der Waals surface area contributed by atoms with Gasteiger partial charge in [-0.25, -0.2) is 14.4 Å². The predicted molar refractivity (Wildman–Crippen MR) is 62.3 cm³/mol. The van der Waals surface area contributed by atoms with Crippen molar-refractivity contribution < 1.29 is 23.6 Å². The van der Waals surface area contributed by atoms with Gasteiger partial charge < -0.3 is 14.6 Å². The van der Waals surface area contributed by atoms with Crippen molar-refractivity contribution in [1.29, 1.82) is 0 Å². The van der Waals surface area contributed by atoms with Crippen LogP contribution < -0.4 is 10.6 Å². The summed E-state index contributed by atoms with van der Waals surface area (Å²) in [6, 6.07) is -0.708. The van der Waals surface area contributed by atoms with E-state index in [9.17, 15) is 14.4 Å². The summed E-state index contributed by atoms with van der Waals surface area (Å²) in [5.41, 5.74) is 0.329. The Balaban J connectivity index is 2.76. The van der Waals surface area contributed by atoms with Crippen LogP contribution in [0.2, 0.25) is 0 Å². The molecule has 0 atom stereocenters. The molecule has 0 aliphatic heterocycles. The zero-order valence-electron chi connectivity index (χ0n) is 10.3. The summed E-state index contributed by atoms with van der Waals surface area (Å²) < 4.78 is 9.62. The number of nitrogens with zero attached hydrogens (tertiary/aromatic N) is 2. The second kappa shape index (κ2) is 6.92. The number of hydrogen-bond donors (Lipinski definition) is 2. The third kappa shape index (κ3) is 3.93. The first kappa shape index (κ1) is 14.4. The van der Waals surface area contributed by atoms with E-state index < -0.39 is 12.0 Å². The van der Waals surface area contributed by atoms with Crippen molar-refractivity contribution in [3.05, 3.63) is 11.3 Å². The fraction of sp³-hybridized carbons (Fsp3) is 0.400. The van der Waals surface area contributed by atoms with Gasteiger partial charge in [0.2, 0.25) is 12.0 Å². The minimum absolute atomic E-state index is 0.0379. The van der Waals surface area contributed by atoms with Crippen LogP contribution in [0.1, 0.15) is 23.0 Å². The maximum Gasteiger partial charge on any atom is 0.345 e. The molecule has 0 aliphatic rings. The van der Waals surface area contributed by atoms with E-state index in [2.05, 4.69) is 20.8 Å². The summed E-state index contributed by atoms with van der Waals surface area (Å²) in [5.74, 6) is -0.786. The van der Waals surface area contributed by atoms with Crippen molar-refractivity contribution in [3.63, 3.8) is 0 Å².